The monoisotopic (exact) mass is 524 g/mol. The highest BCUT2D eigenvalue weighted by atomic mass is 32.2. The van der Waals surface area contributed by atoms with E-state index in [-0.39, 0.29) is 12.3 Å². The van der Waals surface area contributed by atoms with Gasteiger partial charge in [0.2, 0.25) is 17.7 Å². The van der Waals surface area contributed by atoms with E-state index in [0.717, 1.165) is 6.42 Å². The lowest BCUT2D eigenvalue weighted by molar-refractivity contribution is -0.142. The minimum absolute atomic E-state index is 0.0383. The molecule has 0 bridgehead atoms. The van der Waals surface area contributed by atoms with E-state index in [2.05, 4.69) is 16.0 Å². The zero-order valence-electron chi connectivity index (χ0n) is 20.2. The van der Waals surface area contributed by atoms with Crippen LogP contribution in [0.15, 0.2) is 0 Å². The summed E-state index contributed by atoms with van der Waals surface area (Å²) in [5.41, 5.74) is 6.01. The van der Waals surface area contributed by atoms with Crippen molar-refractivity contribution in [2.24, 2.45) is 11.7 Å². The van der Waals surface area contributed by atoms with Crippen molar-refractivity contribution >= 4 is 59.0 Å². The summed E-state index contributed by atoms with van der Waals surface area (Å²) < 4.78 is 0. The molecule has 12 heteroatoms. The zero-order valence-corrected chi connectivity index (χ0v) is 22.7. The Hall–Kier alpha value is -1.11. The number of carbonyl (C=O) groups is 4. The second-order valence-electron chi connectivity index (χ2n) is 7.78. The van der Waals surface area contributed by atoms with Gasteiger partial charge in [-0.2, -0.15) is 35.3 Å². The number of rotatable bonds is 18. The van der Waals surface area contributed by atoms with Gasteiger partial charge in [-0.3, -0.25) is 14.4 Å². The van der Waals surface area contributed by atoms with Crippen molar-refractivity contribution in [3.63, 3.8) is 0 Å². The van der Waals surface area contributed by atoms with E-state index >= 15 is 0 Å². The van der Waals surface area contributed by atoms with Crippen LogP contribution in [0.25, 0.3) is 0 Å². The maximum Gasteiger partial charge on any atom is 0.326 e. The zero-order chi connectivity index (χ0) is 25.4. The molecule has 0 fully saturated rings. The first-order chi connectivity index (χ1) is 15.6. The van der Waals surface area contributed by atoms with Gasteiger partial charge in [-0.25, -0.2) is 4.79 Å². The molecule has 0 rings (SSSR count). The van der Waals surface area contributed by atoms with E-state index in [1.165, 1.54) is 35.3 Å². The van der Waals surface area contributed by atoms with Crippen LogP contribution in [0, 0.1) is 5.92 Å². The number of carbonyl (C=O) groups excluding carboxylic acids is 3. The molecule has 5 atom stereocenters. The predicted octanol–water partition coefficient (Wildman–Crippen LogP) is 1.16. The Bertz CT molecular complexity index is 627. The first-order valence-electron chi connectivity index (χ1n) is 11.0. The van der Waals surface area contributed by atoms with Crippen LogP contribution in [0.4, 0.5) is 0 Å². The molecule has 0 radical (unpaired) electrons. The number of carboxylic acid groups (broad SMARTS) is 1. The van der Waals surface area contributed by atoms with Crippen molar-refractivity contribution in [3.05, 3.63) is 0 Å². The molecule has 3 amide bonds. The van der Waals surface area contributed by atoms with E-state index in [1.54, 1.807) is 0 Å². The first kappa shape index (κ1) is 31.9. The Kier molecular flexibility index (Phi) is 17.6. The summed E-state index contributed by atoms with van der Waals surface area (Å²) >= 11 is 4.55. The highest BCUT2D eigenvalue weighted by Crippen LogP contribution is 2.09. The molecule has 0 aliphatic carbocycles. The van der Waals surface area contributed by atoms with Gasteiger partial charge in [0.1, 0.15) is 18.1 Å². The van der Waals surface area contributed by atoms with Gasteiger partial charge in [0.25, 0.3) is 0 Å². The van der Waals surface area contributed by atoms with E-state index in [0.29, 0.717) is 30.1 Å². The van der Waals surface area contributed by atoms with Crippen molar-refractivity contribution in [3.8, 4) is 0 Å². The lowest BCUT2D eigenvalue weighted by Crippen LogP contribution is -2.57. The standard InChI is InChI=1S/C21H40N4O5S3/c1-6-13(2)17(22)20(28)24-15(8-11-32-4)18(26)23-14(7-10-31-3)19(27)25-16(21(29)30)9-12-33-5/h13-17H,6-12,22H2,1-5H3,(H,23,26)(H,24,28)(H,25,27)(H,29,30). The van der Waals surface area contributed by atoms with Gasteiger partial charge >= 0.3 is 5.97 Å². The number of nitrogens with two attached hydrogens (primary N) is 1. The molecule has 0 saturated carbocycles. The summed E-state index contributed by atoms with van der Waals surface area (Å²) in [6, 6.07) is -3.50. The number of amides is 3. The Morgan fingerprint density at radius 2 is 1.12 bits per heavy atom. The minimum atomic E-state index is -1.11. The third kappa shape index (κ3) is 12.8. The van der Waals surface area contributed by atoms with Gasteiger partial charge in [0, 0.05) is 0 Å². The smallest absolute Gasteiger partial charge is 0.326 e. The lowest BCUT2D eigenvalue weighted by atomic mass is 9.99. The van der Waals surface area contributed by atoms with Gasteiger partial charge in [-0.15, -0.1) is 0 Å². The number of carboxylic acids is 1. The third-order valence-corrected chi connectivity index (χ3v) is 7.20. The van der Waals surface area contributed by atoms with Crippen molar-refractivity contribution < 1.29 is 24.3 Å². The van der Waals surface area contributed by atoms with Gasteiger partial charge in [-0.05, 0) is 61.2 Å². The number of nitrogens with one attached hydrogen (secondary N) is 3. The van der Waals surface area contributed by atoms with Crippen LogP contribution < -0.4 is 21.7 Å². The molecule has 9 nitrogen and oxygen atoms in total. The third-order valence-electron chi connectivity index (χ3n) is 5.27. The lowest BCUT2D eigenvalue weighted by Gasteiger charge is -2.26. The number of thioether (sulfide) groups is 3. The molecular weight excluding hydrogens is 484 g/mol. The molecule has 0 aromatic carbocycles. The van der Waals surface area contributed by atoms with Crippen molar-refractivity contribution in [2.45, 2.75) is 63.7 Å². The summed E-state index contributed by atoms with van der Waals surface area (Å²) in [5, 5.41) is 17.4. The SMILES string of the molecule is CCC(C)C(N)C(=O)NC(CCSC)C(=O)NC(CCSC)C(=O)NC(CCSC)C(=O)O. The molecule has 0 saturated heterocycles. The fraction of sp³-hybridized carbons (Fsp3) is 0.810. The molecule has 33 heavy (non-hydrogen) atoms. The molecule has 0 heterocycles. The van der Waals surface area contributed by atoms with Crippen molar-refractivity contribution in [2.75, 3.05) is 36.0 Å². The summed E-state index contributed by atoms with van der Waals surface area (Å²) in [6.07, 6.45) is 7.37. The Morgan fingerprint density at radius 3 is 1.48 bits per heavy atom. The summed E-state index contributed by atoms with van der Waals surface area (Å²) in [6.45, 7) is 3.81. The largest absolute Gasteiger partial charge is 0.480 e. The highest BCUT2D eigenvalue weighted by Gasteiger charge is 2.30. The molecule has 0 aromatic heterocycles. The van der Waals surface area contributed by atoms with Crippen LogP contribution in [0.3, 0.4) is 0 Å². The predicted molar refractivity (Wildman–Crippen MR) is 140 cm³/mol. The fourth-order valence-corrected chi connectivity index (χ4v) is 4.24. The van der Waals surface area contributed by atoms with Crippen LogP contribution in [-0.4, -0.2) is 89.0 Å². The first-order valence-corrected chi connectivity index (χ1v) is 15.2. The molecule has 6 N–H and O–H groups in total. The Labute approximate surface area is 210 Å². The average Bonchev–Trinajstić information content (AvgIpc) is 2.79. The van der Waals surface area contributed by atoms with E-state index in [1.807, 2.05) is 32.6 Å². The van der Waals surface area contributed by atoms with Gasteiger partial charge < -0.3 is 26.8 Å². The summed E-state index contributed by atoms with van der Waals surface area (Å²) in [7, 11) is 0. The normalized spacial score (nSPS) is 15.6. The second-order valence-corrected chi connectivity index (χ2v) is 10.7. The molecule has 5 unspecified atom stereocenters. The molecule has 0 aliphatic rings. The van der Waals surface area contributed by atoms with E-state index < -0.39 is 47.9 Å². The minimum Gasteiger partial charge on any atom is -0.480 e. The van der Waals surface area contributed by atoms with Crippen LogP contribution in [0.2, 0.25) is 0 Å². The maximum absolute atomic E-state index is 13.0. The fourth-order valence-electron chi connectivity index (χ4n) is 2.83. The van der Waals surface area contributed by atoms with Crippen LogP contribution in [0.1, 0.15) is 39.5 Å². The maximum atomic E-state index is 13.0. The number of hydrogen-bond acceptors (Lipinski definition) is 8. The van der Waals surface area contributed by atoms with Crippen LogP contribution in [0.5, 0.6) is 0 Å². The molecule has 0 spiro atoms. The molecule has 192 valence electrons. The Morgan fingerprint density at radius 1 is 0.758 bits per heavy atom. The molecule has 0 aliphatic heterocycles. The van der Waals surface area contributed by atoms with E-state index in [9.17, 15) is 24.3 Å². The van der Waals surface area contributed by atoms with Crippen molar-refractivity contribution in [1.82, 2.24) is 16.0 Å². The van der Waals surface area contributed by atoms with Crippen LogP contribution in [-0.2, 0) is 19.2 Å². The molecule has 0 aromatic rings. The number of aliphatic carboxylic acids is 1. The van der Waals surface area contributed by atoms with Crippen LogP contribution >= 0.6 is 35.3 Å². The quantitative estimate of drug-likeness (QED) is 0.178. The summed E-state index contributed by atoms with van der Waals surface area (Å²) in [4.78, 5) is 50.0. The average molecular weight is 525 g/mol. The van der Waals surface area contributed by atoms with Gasteiger partial charge in [-0.1, -0.05) is 20.3 Å². The number of hydrogen-bond donors (Lipinski definition) is 5. The molecular formula is C21H40N4O5S3. The summed E-state index contributed by atoms with van der Waals surface area (Å²) in [5.74, 6) is -0.768. The topological polar surface area (TPSA) is 151 Å². The van der Waals surface area contributed by atoms with Gasteiger partial charge in [0.05, 0.1) is 6.04 Å². The highest BCUT2D eigenvalue weighted by molar-refractivity contribution is 7.98. The Balaban J connectivity index is 5.40. The second kappa shape index (κ2) is 18.2. The van der Waals surface area contributed by atoms with E-state index in [4.69, 9.17) is 5.73 Å². The van der Waals surface area contributed by atoms with Gasteiger partial charge in [0.15, 0.2) is 0 Å². The van der Waals surface area contributed by atoms with Crippen molar-refractivity contribution in [1.29, 1.82) is 0 Å².